The van der Waals surface area contributed by atoms with Crippen molar-refractivity contribution in [3.63, 3.8) is 0 Å². The molecule has 2 saturated carbocycles. The Morgan fingerprint density at radius 2 is 1.81 bits per heavy atom. The Morgan fingerprint density at radius 3 is 2.48 bits per heavy atom. The highest BCUT2D eigenvalue weighted by Gasteiger charge is 2.61. The van der Waals surface area contributed by atoms with E-state index in [0.717, 1.165) is 103 Å². The van der Waals surface area contributed by atoms with Crippen LogP contribution in [0.5, 0.6) is 0 Å². The van der Waals surface area contributed by atoms with E-state index in [0.29, 0.717) is 33.2 Å². The molecule has 5 heterocycles. The monoisotopic (exact) mass is 850 g/mol. The van der Waals surface area contributed by atoms with E-state index in [-0.39, 0.29) is 34.8 Å². The molecule has 15 heteroatoms. The summed E-state index contributed by atoms with van der Waals surface area (Å²) in [7, 11) is -1.79. The lowest BCUT2D eigenvalue weighted by Gasteiger charge is -2.27. The zero-order valence-electron chi connectivity index (χ0n) is 34.5. The average Bonchev–Trinajstić information content (AvgIpc) is 3.97. The maximum atomic E-state index is 13.3. The quantitative estimate of drug-likeness (QED) is 0.136. The zero-order chi connectivity index (χ0) is 42.5. The Hall–Kier alpha value is -4.31. The van der Waals surface area contributed by atoms with Crippen LogP contribution in [-0.4, -0.2) is 72.7 Å². The first kappa shape index (κ1) is 46.4. The van der Waals surface area contributed by atoms with Crippen molar-refractivity contribution in [1.29, 1.82) is 0 Å². The van der Waals surface area contributed by atoms with Crippen LogP contribution in [0.4, 0.5) is 0 Å². The lowest BCUT2D eigenvalue weighted by molar-refractivity contribution is -0.139. The number of aromatic nitrogens is 2. The Morgan fingerprint density at radius 1 is 1.09 bits per heavy atom. The molecule has 4 amide bonds. The number of thiazole rings is 1. The van der Waals surface area contributed by atoms with Crippen LogP contribution in [0.2, 0.25) is 0 Å². The van der Waals surface area contributed by atoms with Gasteiger partial charge in [-0.05, 0) is 90.4 Å². The second-order valence-corrected chi connectivity index (χ2v) is 20.6. The first-order chi connectivity index (χ1) is 28.0. The third kappa shape index (κ3) is 11.5. The van der Waals surface area contributed by atoms with Gasteiger partial charge in [0, 0.05) is 54.6 Å². The molecule has 0 aromatic carbocycles. The molecule has 8 rings (SSSR count). The van der Waals surface area contributed by atoms with Gasteiger partial charge in [-0.2, -0.15) is 0 Å². The van der Waals surface area contributed by atoms with Crippen molar-refractivity contribution in [3.05, 3.63) is 52.8 Å². The second-order valence-electron chi connectivity index (χ2n) is 14.6. The molecule has 4 unspecified atom stereocenters. The summed E-state index contributed by atoms with van der Waals surface area (Å²) in [5.74, 6) is 0.0895. The topological polar surface area (TPSA) is 178 Å². The van der Waals surface area contributed by atoms with Crippen LogP contribution in [0.1, 0.15) is 115 Å². The molecule has 5 aliphatic rings. The lowest BCUT2D eigenvalue weighted by Crippen LogP contribution is -2.56. The van der Waals surface area contributed by atoms with E-state index < -0.39 is 20.9 Å². The Balaban J connectivity index is 0.000000234. The zero-order valence-corrected chi connectivity index (χ0v) is 37.0. The molecular weight excluding hydrogens is 792 g/mol. The number of allylic oxidation sites excluding steroid dienone is 2. The molecule has 12 nitrogen and oxygen atoms in total. The molecule has 2 aliphatic heterocycles. The number of nitrogens with one attached hydrogen (secondary N) is 2. The molecule has 1 saturated heterocycles. The lowest BCUT2D eigenvalue weighted by atomic mass is 10.0. The van der Waals surface area contributed by atoms with E-state index >= 15 is 0 Å². The number of hydrogen-bond acceptors (Lipinski definition) is 9. The number of terminal acetylenes is 1. The molecule has 0 radical (unpaired) electrons. The molecule has 3 aromatic rings. The van der Waals surface area contributed by atoms with E-state index in [4.69, 9.17) is 9.40 Å². The molecule has 3 aromatic heterocycles. The van der Waals surface area contributed by atoms with E-state index in [2.05, 4.69) is 64.8 Å². The van der Waals surface area contributed by atoms with Gasteiger partial charge in [0.1, 0.15) is 33.6 Å². The molecule has 0 bridgehead atoms. The number of carbonyl (C=O) groups is 4. The number of fused-ring (bicyclic) bond motifs is 5. The van der Waals surface area contributed by atoms with E-state index in [9.17, 15) is 23.4 Å². The average molecular weight is 851 g/mol. The molecule has 3 aliphatic carbocycles. The van der Waals surface area contributed by atoms with Gasteiger partial charge in [0.2, 0.25) is 17.7 Å². The van der Waals surface area contributed by atoms with Crippen LogP contribution in [0.25, 0.3) is 27.9 Å². The smallest absolute Gasteiger partial charge is 0.257 e. The van der Waals surface area contributed by atoms with Crippen molar-refractivity contribution in [2.75, 3.05) is 13.2 Å². The number of nitrogens with zero attached hydrogens (tertiary/aromatic N) is 3. The van der Waals surface area contributed by atoms with Crippen molar-refractivity contribution < 1.29 is 27.8 Å². The summed E-state index contributed by atoms with van der Waals surface area (Å²) >= 11 is 1.61. The molecule has 3 fully saturated rings. The predicted molar refractivity (Wildman–Crippen MR) is 236 cm³/mol. The minimum absolute atomic E-state index is 0.0398. The number of amides is 4. The number of carbonyl (C=O) groups excluding carboxylic acids is 4. The normalized spacial score (nSPS) is 23.9. The number of aryl methyl sites for hydroxylation is 2. The highest BCUT2D eigenvalue weighted by molar-refractivity contribution is 8.24. The Labute approximate surface area is 349 Å². The van der Waals surface area contributed by atoms with E-state index in [1.165, 1.54) is 6.92 Å². The number of nitrogens with two attached hydrogens (primary N) is 1. The standard InChI is InChI=1S/C22H34N3O4PS.C15H12N2OS.C2H5NO.C2H6.C2H2/c1-30-31(29,17-12-13-17)24-21(28)22-15-16(22)9-6-4-2-3-5-7-11-19(26)25-14-8-10-18(25)20(27)23-22;1-9-8-11(15-16-6-7-19-15)17-13-10-4-2-3-5-12(10)18-14(9)13;1-2(3)4;2*1-2/h6,9,16-18H,2-5,7-8,10-15H2,1H3,(H,23,27)(H,24,28,29);2,4,6-8H,3,5H2,1H3;1H3,(H2,3,4);1-2H3;1-2H/b9-6-;;;;. The van der Waals surface area contributed by atoms with Gasteiger partial charge in [-0.25, -0.2) is 14.2 Å². The first-order valence-corrected chi connectivity index (χ1v) is 24.7. The van der Waals surface area contributed by atoms with Crippen molar-refractivity contribution in [1.82, 2.24) is 24.9 Å². The first-order valence-electron chi connectivity index (χ1n) is 20.3. The molecule has 4 N–H and O–H groups in total. The van der Waals surface area contributed by atoms with Gasteiger partial charge in [-0.15, -0.1) is 24.2 Å². The van der Waals surface area contributed by atoms with Crippen LogP contribution in [-0.2, 0) is 34.9 Å². The van der Waals surface area contributed by atoms with Crippen LogP contribution in [0.3, 0.4) is 0 Å². The van der Waals surface area contributed by atoms with E-state index in [1.54, 1.807) is 16.2 Å². The van der Waals surface area contributed by atoms with Gasteiger partial charge in [-0.3, -0.25) is 23.9 Å². The van der Waals surface area contributed by atoms with Crippen LogP contribution < -0.4 is 15.8 Å². The third-order valence-electron chi connectivity index (χ3n) is 10.4. The summed E-state index contributed by atoms with van der Waals surface area (Å²) in [6.07, 6.45) is 29.4. The highest BCUT2D eigenvalue weighted by Crippen LogP contribution is 2.46. The Kier molecular flexibility index (Phi) is 17.3. The van der Waals surface area contributed by atoms with Gasteiger partial charge in [-0.1, -0.05) is 51.0 Å². The fraction of sp³-hybridized carbons (Fsp3) is 0.535. The summed E-state index contributed by atoms with van der Waals surface area (Å²) in [6, 6.07) is 1.55. The molecule has 0 spiro atoms. The summed E-state index contributed by atoms with van der Waals surface area (Å²) in [6.45, 7) is 9.80. The van der Waals surface area contributed by atoms with Gasteiger partial charge < -0.3 is 20.4 Å². The summed E-state index contributed by atoms with van der Waals surface area (Å²) < 4.78 is 22.0. The molecule has 58 heavy (non-hydrogen) atoms. The minimum atomic E-state index is -2.47. The predicted octanol–water partition coefficient (Wildman–Crippen LogP) is 7.72. The number of hydrogen-bond donors (Lipinski definition) is 3. The van der Waals surface area contributed by atoms with Crippen LogP contribution in [0, 0.1) is 25.7 Å². The molecular formula is C43H59N6O6PS2. The molecule has 4 atom stereocenters. The number of furan rings is 1. The summed E-state index contributed by atoms with van der Waals surface area (Å²) in [5.41, 5.74) is 8.50. The number of pyridine rings is 1. The third-order valence-corrected chi connectivity index (χ3v) is 16.4. The van der Waals surface area contributed by atoms with Gasteiger partial charge in [0.05, 0.1) is 9.30 Å². The van der Waals surface area contributed by atoms with Gasteiger partial charge in [0.25, 0.3) is 5.91 Å². The number of primary amides is 1. The van der Waals surface area contributed by atoms with Crippen molar-refractivity contribution in [2.24, 2.45) is 11.7 Å². The van der Waals surface area contributed by atoms with E-state index in [1.807, 2.05) is 38.2 Å². The summed E-state index contributed by atoms with van der Waals surface area (Å²) in [4.78, 5) is 59.3. The fourth-order valence-electron chi connectivity index (χ4n) is 7.32. The SMILES string of the molecule is C#C.CC.CC(N)=O.CP=S(=O)(NC(=O)C12CC1/C=C\CCCCCCC(=O)N1CCCC1C(=O)N2)C1CC1.Cc1cc(-c2nccs2)nc2c3c(oc12)CCC=C3. The maximum Gasteiger partial charge on any atom is 0.257 e. The fourth-order valence-corrected chi connectivity index (χ4v) is 11.7. The largest absolute Gasteiger partial charge is 0.458 e. The highest BCUT2D eigenvalue weighted by atomic mass is 32.5. The second kappa shape index (κ2) is 21.6. The van der Waals surface area contributed by atoms with Crippen LogP contribution in [0.15, 0.2) is 40.3 Å². The summed E-state index contributed by atoms with van der Waals surface area (Å²) in [5, 5.41) is 5.99. The minimum Gasteiger partial charge on any atom is -0.458 e. The Bertz CT molecular complexity index is 2110. The van der Waals surface area contributed by atoms with Crippen molar-refractivity contribution >= 4 is 68.8 Å². The van der Waals surface area contributed by atoms with Crippen LogP contribution >= 0.6 is 18.7 Å². The number of rotatable bonds is 4. The van der Waals surface area contributed by atoms with Crippen molar-refractivity contribution in [2.45, 2.75) is 128 Å². The van der Waals surface area contributed by atoms with Crippen molar-refractivity contribution in [3.8, 4) is 23.5 Å². The van der Waals surface area contributed by atoms with Gasteiger partial charge >= 0.3 is 0 Å². The maximum absolute atomic E-state index is 13.3. The molecule has 314 valence electrons. The van der Waals surface area contributed by atoms with Gasteiger partial charge in [0.15, 0.2) is 5.58 Å².